The topological polar surface area (TPSA) is 58.6 Å². The summed E-state index contributed by atoms with van der Waals surface area (Å²) in [6.07, 6.45) is 2.74. The number of nitrogens with zero attached hydrogens (tertiary/aromatic N) is 1. The highest BCUT2D eigenvalue weighted by atomic mass is 79.9. The third kappa shape index (κ3) is 9.34. The fraction of sp³-hybridized carbons (Fsp3) is 0.355. The van der Waals surface area contributed by atoms with Crippen LogP contribution in [0.1, 0.15) is 40.0 Å². The largest absolute Gasteiger partial charge is 1.00 e. The van der Waals surface area contributed by atoms with Crippen LogP contribution in [0.4, 0.5) is 4.79 Å². The number of rotatable bonds is 11. The fourth-order valence-electron chi connectivity index (χ4n) is 4.50. The molecule has 0 radical (unpaired) electrons. The lowest BCUT2D eigenvalue weighted by atomic mass is 10.2. The van der Waals surface area contributed by atoms with Gasteiger partial charge in [-0.25, -0.2) is 4.79 Å². The normalized spacial score (nSPS) is 11.5. The Balaban J connectivity index is 0.00000507. The van der Waals surface area contributed by atoms with Gasteiger partial charge in [-0.1, -0.05) is 54.6 Å². The summed E-state index contributed by atoms with van der Waals surface area (Å²) in [5, 5.41) is 6.52. The van der Waals surface area contributed by atoms with Gasteiger partial charge in [-0.05, 0) is 83.6 Å². The second-order valence-corrected chi connectivity index (χ2v) is 14.0. The SMILES string of the molecule is CN(CCCC[P+](c1ccccc1)(c1ccccc1)c1ccccc1)CCC(=O)NC(=O)OC(C)(C)C.[Br-]. The number of benzene rings is 3. The van der Waals surface area contributed by atoms with E-state index in [1.165, 1.54) is 15.9 Å². The third-order valence-corrected chi connectivity index (χ3v) is 10.8. The molecule has 5 nitrogen and oxygen atoms in total. The van der Waals surface area contributed by atoms with Crippen molar-refractivity contribution in [2.45, 2.75) is 45.6 Å². The monoisotopic (exact) mass is 598 g/mol. The summed E-state index contributed by atoms with van der Waals surface area (Å²) >= 11 is 0. The molecule has 0 aliphatic carbocycles. The molecule has 2 amide bonds. The minimum absolute atomic E-state index is 0. The van der Waals surface area contributed by atoms with Gasteiger partial charge in [-0.15, -0.1) is 0 Å². The van der Waals surface area contributed by atoms with E-state index in [0.29, 0.717) is 6.54 Å². The molecule has 0 saturated carbocycles. The van der Waals surface area contributed by atoms with E-state index in [1.54, 1.807) is 20.8 Å². The number of hydrogen-bond donors (Lipinski definition) is 1. The second-order valence-electron chi connectivity index (χ2n) is 10.4. The maximum Gasteiger partial charge on any atom is 0.414 e. The van der Waals surface area contributed by atoms with Gasteiger partial charge in [0.25, 0.3) is 0 Å². The molecular weight excluding hydrogens is 559 g/mol. The molecule has 0 aliphatic rings. The molecular formula is C31H40BrN2O3P. The minimum atomic E-state index is -1.81. The van der Waals surface area contributed by atoms with Crippen molar-refractivity contribution >= 4 is 35.2 Å². The van der Waals surface area contributed by atoms with Gasteiger partial charge >= 0.3 is 6.09 Å². The van der Waals surface area contributed by atoms with E-state index < -0.39 is 19.0 Å². The predicted octanol–water partition coefficient (Wildman–Crippen LogP) is 2.14. The van der Waals surface area contributed by atoms with E-state index in [-0.39, 0.29) is 29.3 Å². The minimum Gasteiger partial charge on any atom is -1.00 e. The molecule has 1 N–H and O–H groups in total. The molecule has 0 saturated heterocycles. The van der Waals surface area contributed by atoms with Crippen LogP contribution in [-0.4, -0.2) is 48.8 Å². The summed E-state index contributed by atoms with van der Waals surface area (Å²) < 4.78 is 5.15. The Bertz CT molecular complexity index is 1030. The van der Waals surface area contributed by atoms with Gasteiger partial charge < -0.3 is 26.6 Å². The molecule has 0 aromatic heterocycles. The van der Waals surface area contributed by atoms with Crippen molar-refractivity contribution in [3.05, 3.63) is 91.0 Å². The van der Waals surface area contributed by atoms with Gasteiger partial charge in [0.05, 0.1) is 6.16 Å². The van der Waals surface area contributed by atoms with Gasteiger partial charge in [0.1, 0.15) is 28.8 Å². The first-order valence-electron chi connectivity index (χ1n) is 13.0. The number of ether oxygens (including phenoxy) is 1. The molecule has 0 bridgehead atoms. The standard InChI is InChI=1S/C31H39N2O3P.BrH/c1-31(2,3)36-30(35)32-29(34)22-24-33(4)23-14-15-25-37(26-16-8-5-9-17-26,27-18-10-6-11-19-27)28-20-12-7-13-21-28;/h5-13,16-21H,14-15,22-25H2,1-4H3;1H. The summed E-state index contributed by atoms with van der Waals surface area (Å²) in [6.45, 7) is 6.79. The lowest BCUT2D eigenvalue weighted by Crippen LogP contribution is -3.00. The number of imide groups is 1. The van der Waals surface area contributed by atoms with Crippen molar-refractivity contribution in [2.75, 3.05) is 26.3 Å². The third-order valence-electron chi connectivity index (χ3n) is 6.24. The number of alkyl carbamates (subject to hydrolysis) is 1. The molecule has 0 fully saturated rings. The molecule has 38 heavy (non-hydrogen) atoms. The summed E-state index contributed by atoms with van der Waals surface area (Å²) in [7, 11) is 0.211. The smallest absolute Gasteiger partial charge is 0.414 e. The van der Waals surface area contributed by atoms with Crippen LogP contribution in [0.2, 0.25) is 0 Å². The number of hydrogen-bond acceptors (Lipinski definition) is 4. The highest BCUT2D eigenvalue weighted by molar-refractivity contribution is 7.95. The zero-order valence-corrected chi connectivity index (χ0v) is 25.4. The van der Waals surface area contributed by atoms with Crippen LogP contribution in [0, 0.1) is 0 Å². The van der Waals surface area contributed by atoms with Crippen molar-refractivity contribution in [1.29, 1.82) is 0 Å². The van der Waals surface area contributed by atoms with Crippen molar-refractivity contribution in [1.82, 2.24) is 10.2 Å². The van der Waals surface area contributed by atoms with Gasteiger partial charge in [0, 0.05) is 13.0 Å². The van der Waals surface area contributed by atoms with Gasteiger partial charge in [-0.3, -0.25) is 10.1 Å². The molecule has 0 aliphatic heterocycles. The van der Waals surface area contributed by atoms with Gasteiger partial charge in [0.15, 0.2) is 0 Å². The van der Waals surface area contributed by atoms with Gasteiger partial charge in [-0.2, -0.15) is 0 Å². The molecule has 0 heterocycles. The van der Waals surface area contributed by atoms with E-state index in [2.05, 4.69) is 101 Å². The number of carbonyl (C=O) groups excluding carboxylic acids is 2. The maximum atomic E-state index is 12.1. The van der Waals surface area contributed by atoms with Crippen LogP contribution >= 0.6 is 7.26 Å². The lowest BCUT2D eigenvalue weighted by molar-refractivity contribution is -0.121. The molecule has 3 rings (SSSR count). The Hall–Kier alpha value is -2.53. The molecule has 3 aromatic carbocycles. The Morgan fingerprint density at radius 1 is 0.763 bits per heavy atom. The molecule has 0 unspecified atom stereocenters. The summed E-state index contributed by atoms with van der Waals surface area (Å²) in [6, 6.07) is 32.8. The van der Waals surface area contributed by atoms with Crippen LogP contribution in [0.25, 0.3) is 0 Å². The number of amides is 2. The van der Waals surface area contributed by atoms with Crippen molar-refractivity contribution < 1.29 is 31.3 Å². The lowest BCUT2D eigenvalue weighted by Gasteiger charge is -2.28. The Kier molecular flexibility index (Phi) is 12.6. The van der Waals surface area contributed by atoms with E-state index in [0.717, 1.165) is 25.5 Å². The van der Waals surface area contributed by atoms with E-state index in [9.17, 15) is 9.59 Å². The number of carbonyl (C=O) groups is 2. The average Bonchev–Trinajstić information content (AvgIpc) is 2.88. The van der Waals surface area contributed by atoms with Crippen LogP contribution in [0.5, 0.6) is 0 Å². The van der Waals surface area contributed by atoms with Crippen molar-refractivity contribution in [2.24, 2.45) is 0 Å². The molecule has 7 heteroatoms. The van der Waals surface area contributed by atoms with E-state index in [4.69, 9.17) is 4.74 Å². The Morgan fingerprint density at radius 2 is 1.21 bits per heavy atom. The Labute approximate surface area is 239 Å². The Morgan fingerprint density at radius 3 is 1.63 bits per heavy atom. The van der Waals surface area contributed by atoms with Crippen molar-refractivity contribution in [3.8, 4) is 0 Å². The van der Waals surface area contributed by atoms with Crippen LogP contribution < -0.4 is 38.2 Å². The highest BCUT2D eigenvalue weighted by Crippen LogP contribution is 2.55. The first kappa shape index (κ1) is 31.7. The van der Waals surface area contributed by atoms with E-state index in [1.807, 2.05) is 7.05 Å². The van der Waals surface area contributed by atoms with Crippen LogP contribution in [0.15, 0.2) is 91.0 Å². The summed E-state index contributed by atoms with van der Waals surface area (Å²) in [4.78, 5) is 26.1. The first-order chi connectivity index (χ1) is 17.7. The average molecular weight is 600 g/mol. The number of unbranched alkanes of at least 4 members (excludes halogenated alkanes) is 1. The number of halogens is 1. The molecule has 0 atom stereocenters. The first-order valence-corrected chi connectivity index (χ1v) is 14.9. The quantitative estimate of drug-likeness (QED) is 0.271. The summed E-state index contributed by atoms with van der Waals surface area (Å²) in [5.74, 6) is -0.316. The van der Waals surface area contributed by atoms with Crippen LogP contribution in [-0.2, 0) is 9.53 Å². The zero-order valence-electron chi connectivity index (χ0n) is 22.9. The summed E-state index contributed by atoms with van der Waals surface area (Å²) in [5.41, 5.74) is -0.627. The number of nitrogens with one attached hydrogen (secondary N) is 1. The molecule has 0 spiro atoms. The van der Waals surface area contributed by atoms with Gasteiger partial charge in [0.2, 0.25) is 5.91 Å². The zero-order chi connectivity index (χ0) is 26.7. The predicted molar refractivity (Wildman–Crippen MR) is 156 cm³/mol. The van der Waals surface area contributed by atoms with Crippen LogP contribution in [0.3, 0.4) is 0 Å². The molecule has 3 aromatic rings. The van der Waals surface area contributed by atoms with Crippen molar-refractivity contribution in [3.63, 3.8) is 0 Å². The fourth-order valence-corrected chi connectivity index (χ4v) is 8.91. The second kappa shape index (κ2) is 15.2. The van der Waals surface area contributed by atoms with E-state index >= 15 is 0 Å². The maximum absolute atomic E-state index is 12.1. The molecule has 204 valence electrons. The highest BCUT2D eigenvalue weighted by Gasteiger charge is 2.44.